The summed E-state index contributed by atoms with van der Waals surface area (Å²) in [6.45, 7) is 5.92. The fraction of sp³-hybridized carbons (Fsp3) is 0.407. The van der Waals surface area contributed by atoms with Crippen molar-refractivity contribution in [1.29, 1.82) is 0 Å². The van der Waals surface area contributed by atoms with E-state index < -0.39 is 23.6 Å². The van der Waals surface area contributed by atoms with Crippen LogP contribution in [0.2, 0.25) is 0 Å². The van der Waals surface area contributed by atoms with Crippen molar-refractivity contribution in [2.45, 2.75) is 58.7 Å². The highest BCUT2D eigenvalue weighted by Crippen LogP contribution is 2.24. The Morgan fingerprint density at radius 2 is 1.62 bits per heavy atom. The van der Waals surface area contributed by atoms with Crippen LogP contribution in [-0.2, 0) is 20.9 Å². The number of nitrogens with one attached hydrogen (secondary N) is 3. The Labute approximate surface area is 216 Å². The minimum absolute atomic E-state index is 0.0415. The van der Waals surface area contributed by atoms with E-state index >= 15 is 0 Å². The van der Waals surface area contributed by atoms with Crippen LogP contribution in [0.3, 0.4) is 0 Å². The maximum atomic E-state index is 12.7. The molecule has 37 heavy (non-hydrogen) atoms. The number of aliphatic carboxylic acids is 1. The molecule has 2 aromatic rings. The van der Waals surface area contributed by atoms with E-state index in [2.05, 4.69) is 16.0 Å². The van der Waals surface area contributed by atoms with E-state index in [-0.39, 0.29) is 37.5 Å². The molecule has 0 radical (unpaired) electrons. The highest BCUT2D eigenvalue weighted by Gasteiger charge is 2.17. The van der Waals surface area contributed by atoms with Crippen LogP contribution in [0.25, 0.3) is 0 Å². The van der Waals surface area contributed by atoms with Crippen molar-refractivity contribution in [1.82, 2.24) is 10.6 Å². The van der Waals surface area contributed by atoms with Gasteiger partial charge in [0.2, 0.25) is 5.91 Å². The average Bonchev–Trinajstić information content (AvgIpc) is 2.82. The normalized spacial score (nSPS) is 10.8. The molecule has 0 saturated heterocycles. The Kier molecular flexibility index (Phi) is 11.4. The summed E-state index contributed by atoms with van der Waals surface area (Å²) >= 11 is 0. The second-order valence-corrected chi connectivity index (χ2v) is 9.32. The fourth-order valence-corrected chi connectivity index (χ4v) is 3.16. The SMILES string of the molecule is CC(C)(C)OC(=O)NCCCCC(=O)Nc1ccc(OCc2ccccc2)c(C(=O)NCCC(=O)O)c1. The second-order valence-electron chi connectivity index (χ2n) is 9.32. The van der Waals surface area contributed by atoms with Crippen LogP contribution in [0.15, 0.2) is 48.5 Å². The Morgan fingerprint density at radius 1 is 0.892 bits per heavy atom. The molecule has 0 fully saturated rings. The third-order valence-electron chi connectivity index (χ3n) is 4.87. The molecule has 0 aliphatic heterocycles. The lowest BCUT2D eigenvalue weighted by Gasteiger charge is -2.19. The van der Waals surface area contributed by atoms with Crippen molar-refractivity contribution < 1.29 is 33.8 Å². The Bertz CT molecular complexity index is 1070. The second kappa shape index (κ2) is 14.5. The molecule has 0 aliphatic carbocycles. The van der Waals surface area contributed by atoms with Crippen molar-refractivity contribution in [3.05, 3.63) is 59.7 Å². The molecule has 0 bridgehead atoms. The minimum atomic E-state index is -1.02. The summed E-state index contributed by atoms with van der Waals surface area (Å²) in [6, 6.07) is 14.2. The van der Waals surface area contributed by atoms with Crippen LogP contribution >= 0.6 is 0 Å². The number of carboxylic acids is 1. The topological polar surface area (TPSA) is 143 Å². The first-order chi connectivity index (χ1) is 17.5. The van der Waals surface area contributed by atoms with Gasteiger partial charge in [-0.15, -0.1) is 0 Å². The molecule has 0 aliphatic rings. The molecule has 0 spiro atoms. The van der Waals surface area contributed by atoms with Crippen LogP contribution < -0.4 is 20.7 Å². The molecular weight excluding hydrogens is 478 g/mol. The van der Waals surface area contributed by atoms with Crippen LogP contribution in [-0.4, -0.2) is 47.7 Å². The molecule has 2 aromatic carbocycles. The van der Waals surface area contributed by atoms with Crippen molar-refractivity contribution in [3.63, 3.8) is 0 Å². The largest absolute Gasteiger partial charge is 0.488 e. The third-order valence-corrected chi connectivity index (χ3v) is 4.87. The average molecular weight is 514 g/mol. The lowest BCUT2D eigenvalue weighted by atomic mass is 10.1. The van der Waals surface area contributed by atoms with E-state index in [4.69, 9.17) is 14.6 Å². The smallest absolute Gasteiger partial charge is 0.407 e. The van der Waals surface area contributed by atoms with Gasteiger partial charge in [0, 0.05) is 25.2 Å². The molecule has 0 heterocycles. The van der Waals surface area contributed by atoms with Gasteiger partial charge in [-0.25, -0.2) is 4.79 Å². The molecule has 10 heteroatoms. The Hall–Kier alpha value is -4.08. The van der Waals surface area contributed by atoms with E-state index in [0.29, 0.717) is 30.8 Å². The fourth-order valence-electron chi connectivity index (χ4n) is 3.16. The van der Waals surface area contributed by atoms with Crippen LogP contribution in [0.5, 0.6) is 5.75 Å². The van der Waals surface area contributed by atoms with Gasteiger partial charge in [-0.05, 0) is 57.4 Å². The van der Waals surface area contributed by atoms with Gasteiger partial charge in [-0.2, -0.15) is 0 Å². The van der Waals surface area contributed by atoms with Crippen LogP contribution in [0, 0.1) is 0 Å². The number of hydrogen-bond acceptors (Lipinski definition) is 6. The molecule has 10 nitrogen and oxygen atoms in total. The minimum Gasteiger partial charge on any atom is -0.488 e. The van der Waals surface area contributed by atoms with Gasteiger partial charge in [0.25, 0.3) is 5.91 Å². The first-order valence-corrected chi connectivity index (χ1v) is 12.1. The molecule has 0 unspecified atom stereocenters. The van der Waals surface area contributed by atoms with E-state index in [1.54, 1.807) is 32.9 Å². The molecule has 0 saturated carbocycles. The number of unbranched alkanes of at least 4 members (excludes halogenated alkanes) is 1. The molecule has 3 amide bonds. The van der Waals surface area contributed by atoms with Crippen molar-refractivity contribution >= 4 is 29.6 Å². The number of amides is 3. The highest BCUT2D eigenvalue weighted by atomic mass is 16.6. The van der Waals surface area contributed by atoms with Gasteiger partial charge in [0.05, 0.1) is 12.0 Å². The number of anilines is 1. The van der Waals surface area contributed by atoms with Gasteiger partial charge >= 0.3 is 12.1 Å². The van der Waals surface area contributed by atoms with E-state index in [1.807, 2.05) is 30.3 Å². The van der Waals surface area contributed by atoms with Gasteiger partial charge in [0.15, 0.2) is 0 Å². The lowest BCUT2D eigenvalue weighted by molar-refractivity contribution is -0.136. The maximum absolute atomic E-state index is 12.7. The highest BCUT2D eigenvalue weighted by molar-refractivity contribution is 5.99. The van der Waals surface area contributed by atoms with Crippen LogP contribution in [0.4, 0.5) is 10.5 Å². The summed E-state index contributed by atoms with van der Waals surface area (Å²) in [7, 11) is 0. The summed E-state index contributed by atoms with van der Waals surface area (Å²) in [5, 5.41) is 16.8. The molecule has 0 aromatic heterocycles. The molecule has 4 N–H and O–H groups in total. The number of hydrogen-bond donors (Lipinski definition) is 4. The Balaban J connectivity index is 1.93. The monoisotopic (exact) mass is 513 g/mol. The van der Waals surface area contributed by atoms with E-state index in [1.165, 1.54) is 6.07 Å². The molecular formula is C27H35N3O7. The first-order valence-electron chi connectivity index (χ1n) is 12.1. The van der Waals surface area contributed by atoms with Gasteiger partial charge < -0.3 is 30.5 Å². The van der Waals surface area contributed by atoms with E-state index in [9.17, 15) is 19.2 Å². The summed E-state index contributed by atoms with van der Waals surface area (Å²) in [5.41, 5.74) is 0.935. The van der Waals surface area contributed by atoms with E-state index in [0.717, 1.165) is 5.56 Å². The molecule has 0 atom stereocenters. The lowest BCUT2D eigenvalue weighted by Crippen LogP contribution is -2.33. The number of rotatable bonds is 13. The molecule has 200 valence electrons. The Morgan fingerprint density at radius 3 is 2.30 bits per heavy atom. The van der Waals surface area contributed by atoms with Gasteiger partial charge in [0.1, 0.15) is 18.0 Å². The summed E-state index contributed by atoms with van der Waals surface area (Å²) in [6.07, 6.45) is 0.646. The zero-order valence-corrected chi connectivity index (χ0v) is 21.5. The quantitative estimate of drug-likeness (QED) is 0.295. The number of ether oxygens (including phenoxy) is 2. The number of carbonyl (C=O) groups excluding carboxylic acids is 3. The summed E-state index contributed by atoms with van der Waals surface area (Å²) in [5.74, 6) is -1.47. The third kappa shape index (κ3) is 11.9. The predicted octanol–water partition coefficient (Wildman–Crippen LogP) is 4.10. The van der Waals surface area contributed by atoms with Gasteiger partial charge in [-0.1, -0.05) is 30.3 Å². The standard InChI is InChI=1S/C27H35N3O7/c1-27(2,3)37-26(35)29-15-8-7-11-23(31)30-20-12-13-22(36-18-19-9-5-4-6-10-19)21(17-20)25(34)28-16-14-24(32)33/h4-6,9-10,12-13,17H,7-8,11,14-16,18H2,1-3H3,(H,28,34)(H,29,35)(H,30,31)(H,32,33). The number of alkyl carbamates (subject to hydrolysis) is 1. The number of carbonyl (C=O) groups is 4. The zero-order valence-electron chi connectivity index (χ0n) is 21.5. The summed E-state index contributed by atoms with van der Waals surface area (Å²) < 4.78 is 11.0. The van der Waals surface area contributed by atoms with Crippen molar-refractivity contribution in [2.24, 2.45) is 0 Å². The number of benzene rings is 2. The zero-order chi connectivity index (χ0) is 27.3. The van der Waals surface area contributed by atoms with Crippen LogP contribution in [0.1, 0.15) is 62.4 Å². The van der Waals surface area contributed by atoms with Crippen molar-refractivity contribution in [2.75, 3.05) is 18.4 Å². The molecule has 2 rings (SSSR count). The predicted molar refractivity (Wildman–Crippen MR) is 139 cm³/mol. The first kappa shape index (κ1) is 29.2. The van der Waals surface area contributed by atoms with Crippen molar-refractivity contribution in [3.8, 4) is 5.75 Å². The summed E-state index contributed by atoms with van der Waals surface area (Å²) in [4.78, 5) is 47.6. The van der Waals surface area contributed by atoms with Gasteiger partial charge in [-0.3, -0.25) is 14.4 Å². The maximum Gasteiger partial charge on any atom is 0.407 e. The number of carboxylic acid groups (broad SMARTS) is 1.